The van der Waals surface area contributed by atoms with Crippen molar-refractivity contribution in [3.63, 3.8) is 0 Å². The van der Waals surface area contributed by atoms with E-state index in [1.165, 1.54) is 96.5 Å². The molecule has 0 fully saturated rings. The zero-order chi connectivity index (χ0) is 33.3. The number of unbranched alkanes of at least 4 members (excludes halogenated alkanes) is 15. The molecule has 1 rings (SSSR count). The summed E-state index contributed by atoms with van der Waals surface area (Å²) in [6.07, 6.45) is 24.6. The van der Waals surface area contributed by atoms with E-state index in [2.05, 4.69) is 17.6 Å². The summed E-state index contributed by atoms with van der Waals surface area (Å²) < 4.78 is 11.4. The minimum atomic E-state index is -1.11. The predicted molar refractivity (Wildman–Crippen MR) is 179 cm³/mol. The van der Waals surface area contributed by atoms with Gasteiger partial charge >= 0.3 is 11.9 Å². The summed E-state index contributed by atoms with van der Waals surface area (Å²) in [7, 11) is 0. The Hall–Kier alpha value is -2.68. The Balaban J connectivity index is 2.31. The summed E-state index contributed by atoms with van der Waals surface area (Å²) in [5.74, 6) is -2.61. The predicted octanol–water partition coefficient (Wildman–Crippen LogP) is 7.33. The third kappa shape index (κ3) is 19.4. The second-order valence-electron chi connectivity index (χ2n) is 12.4. The van der Waals surface area contributed by atoms with Crippen LogP contribution in [0.25, 0.3) is 0 Å². The summed E-state index contributed by atoms with van der Waals surface area (Å²) in [5, 5.41) is 15.2. The molecule has 0 aromatic heterocycles. The van der Waals surface area contributed by atoms with Crippen LogP contribution in [0.1, 0.15) is 150 Å². The maximum absolute atomic E-state index is 12.7. The largest absolute Gasteiger partial charge is 0.478 e. The van der Waals surface area contributed by atoms with E-state index >= 15 is 0 Å². The molecule has 0 aromatic rings. The number of amides is 2. The molecular formula is C36H62N2O7. The summed E-state index contributed by atoms with van der Waals surface area (Å²) >= 11 is 0. The number of carbonyl (C=O) groups is 4. The molecule has 45 heavy (non-hydrogen) atoms. The topological polar surface area (TPSA) is 131 Å². The van der Waals surface area contributed by atoms with E-state index < -0.39 is 36.0 Å². The van der Waals surface area contributed by atoms with Gasteiger partial charge in [0, 0.05) is 31.1 Å². The summed E-state index contributed by atoms with van der Waals surface area (Å²) in [4.78, 5) is 48.6. The molecule has 9 nitrogen and oxygen atoms in total. The molecule has 0 spiro atoms. The van der Waals surface area contributed by atoms with Gasteiger partial charge in [0.15, 0.2) is 0 Å². The molecule has 0 unspecified atom stereocenters. The molecule has 0 bridgehead atoms. The summed E-state index contributed by atoms with van der Waals surface area (Å²) in [5.41, 5.74) is 0.0973. The first-order chi connectivity index (χ1) is 21.7. The van der Waals surface area contributed by atoms with Crippen LogP contribution in [0.15, 0.2) is 23.8 Å². The number of esters is 1. The highest BCUT2D eigenvalue weighted by molar-refractivity contribution is 5.95. The zero-order valence-electron chi connectivity index (χ0n) is 28.6. The van der Waals surface area contributed by atoms with Gasteiger partial charge in [-0.25, -0.2) is 9.59 Å². The van der Waals surface area contributed by atoms with Gasteiger partial charge in [0.2, 0.25) is 11.8 Å². The molecule has 0 radical (unpaired) electrons. The molecular weight excluding hydrogens is 572 g/mol. The van der Waals surface area contributed by atoms with Crippen LogP contribution in [0.4, 0.5) is 0 Å². The summed E-state index contributed by atoms with van der Waals surface area (Å²) in [6.45, 7) is 7.86. The molecule has 1 aliphatic rings. The molecule has 2 amide bonds. The molecule has 0 saturated carbocycles. The quantitative estimate of drug-likeness (QED) is 0.0516. The van der Waals surface area contributed by atoms with Gasteiger partial charge in [-0.1, -0.05) is 117 Å². The van der Waals surface area contributed by atoms with E-state index in [4.69, 9.17) is 9.47 Å². The van der Waals surface area contributed by atoms with E-state index in [1.807, 2.05) is 13.8 Å². The Morgan fingerprint density at radius 3 is 1.78 bits per heavy atom. The molecule has 3 N–H and O–H groups in total. The lowest BCUT2D eigenvalue weighted by molar-refractivity contribution is -0.138. The van der Waals surface area contributed by atoms with Gasteiger partial charge in [0.05, 0.1) is 30.9 Å². The number of aliphatic carboxylic acids is 1. The van der Waals surface area contributed by atoms with Crippen LogP contribution in [0, 0.1) is 0 Å². The van der Waals surface area contributed by atoms with Crippen molar-refractivity contribution >= 4 is 23.8 Å². The number of nitrogens with one attached hydrogen (secondary N) is 2. The van der Waals surface area contributed by atoms with Crippen LogP contribution in [-0.2, 0) is 28.7 Å². The molecule has 3 atom stereocenters. The lowest BCUT2D eigenvalue weighted by atomic mass is 9.87. The minimum Gasteiger partial charge on any atom is -0.478 e. The lowest BCUT2D eigenvalue weighted by Gasteiger charge is -2.38. The first-order valence-corrected chi connectivity index (χ1v) is 17.7. The van der Waals surface area contributed by atoms with Crippen LogP contribution < -0.4 is 10.6 Å². The van der Waals surface area contributed by atoms with Crippen molar-refractivity contribution in [3.8, 4) is 0 Å². The van der Waals surface area contributed by atoms with Crippen LogP contribution in [0.2, 0.25) is 0 Å². The van der Waals surface area contributed by atoms with Gasteiger partial charge in [-0.3, -0.25) is 9.59 Å². The van der Waals surface area contributed by atoms with Crippen LogP contribution in [-0.4, -0.2) is 59.8 Å². The van der Waals surface area contributed by atoms with Crippen molar-refractivity contribution in [3.05, 3.63) is 23.8 Å². The average molecular weight is 635 g/mol. The van der Waals surface area contributed by atoms with Gasteiger partial charge in [-0.05, 0) is 25.3 Å². The molecule has 0 aromatic carbocycles. The third-order valence-corrected chi connectivity index (χ3v) is 8.44. The van der Waals surface area contributed by atoms with E-state index in [-0.39, 0.29) is 24.0 Å². The van der Waals surface area contributed by atoms with E-state index in [1.54, 1.807) is 0 Å². The Kier molecular flexibility index (Phi) is 22.9. The van der Waals surface area contributed by atoms with Gasteiger partial charge in [0.25, 0.3) is 0 Å². The highest BCUT2D eigenvalue weighted by Crippen LogP contribution is 2.25. The Labute approximate surface area is 272 Å². The van der Waals surface area contributed by atoms with Crippen LogP contribution >= 0.6 is 0 Å². The van der Waals surface area contributed by atoms with Crippen molar-refractivity contribution in [2.75, 3.05) is 6.61 Å². The fourth-order valence-electron chi connectivity index (χ4n) is 5.75. The number of carboxylic acid groups (broad SMARTS) is 1. The van der Waals surface area contributed by atoms with Crippen molar-refractivity contribution in [2.45, 2.75) is 174 Å². The maximum atomic E-state index is 12.7. The Morgan fingerprint density at radius 1 is 0.800 bits per heavy atom. The van der Waals surface area contributed by atoms with Crippen molar-refractivity contribution in [1.82, 2.24) is 10.6 Å². The Morgan fingerprint density at radius 2 is 1.31 bits per heavy atom. The number of rotatable bonds is 26. The van der Waals surface area contributed by atoms with E-state index in [9.17, 15) is 24.3 Å². The second kappa shape index (κ2) is 25.5. The molecule has 1 aliphatic carbocycles. The zero-order valence-corrected chi connectivity index (χ0v) is 28.6. The lowest BCUT2D eigenvalue weighted by Crippen LogP contribution is -2.59. The van der Waals surface area contributed by atoms with Crippen LogP contribution in [0.3, 0.4) is 0 Å². The standard InChI is InChI=1S/C36H62N2O7/c1-5-8-9-10-11-12-13-14-15-16-17-18-19-20-21-22-25-44-34(41)24-23-33(40)38-31-26-29(36(42)43)27-32(35(31)37-28(4)39)45-30(6-2)7-3/h23-24,27,30-32,35H,5-22,25-26H2,1-4H3,(H,37,39)(H,38,40)(H,42,43)/b24-23+/t31-,32+,35-/m0/s1. The van der Waals surface area contributed by atoms with Crippen molar-refractivity contribution in [2.24, 2.45) is 0 Å². The SMILES string of the molecule is CCCCCCCCCCCCCCCCCCOC(=O)/C=C/C(=O)N[C@H]1CC(C(=O)O)=C[C@@H](OC(CC)CC)[C@H]1NC(C)=O. The van der Waals surface area contributed by atoms with Gasteiger partial charge < -0.3 is 25.2 Å². The fourth-order valence-corrected chi connectivity index (χ4v) is 5.75. The van der Waals surface area contributed by atoms with Crippen molar-refractivity contribution in [1.29, 1.82) is 0 Å². The number of ether oxygens (including phenoxy) is 2. The van der Waals surface area contributed by atoms with E-state index in [0.717, 1.165) is 44.3 Å². The molecule has 0 heterocycles. The maximum Gasteiger partial charge on any atom is 0.331 e. The van der Waals surface area contributed by atoms with Crippen LogP contribution in [0.5, 0.6) is 0 Å². The highest BCUT2D eigenvalue weighted by atomic mass is 16.5. The molecule has 258 valence electrons. The molecule has 0 aliphatic heterocycles. The Bertz CT molecular complexity index is 913. The first kappa shape index (κ1) is 40.3. The number of carbonyl (C=O) groups excluding carboxylic acids is 3. The smallest absolute Gasteiger partial charge is 0.331 e. The first-order valence-electron chi connectivity index (χ1n) is 17.7. The van der Waals surface area contributed by atoms with Crippen molar-refractivity contribution < 1.29 is 33.8 Å². The minimum absolute atomic E-state index is 0.00629. The monoisotopic (exact) mass is 634 g/mol. The molecule has 9 heteroatoms. The van der Waals surface area contributed by atoms with Gasteiger partial charge in [0.1, 0.15) is 0 Å². The van der Waals surface area contributed by atoms with Gasteiger partial charge in [-0.15, -0.1) is 0 Å². The number of carboxylic acids is 1. The second-order valence-corrected chi connectivity index (χ2v) is 12.4. The fraction of sp³-hybridized carbons (Fsp3) is 0.778. The highest BCUT2D eigenvalue weighted by Gasteiger charge is 2.38. The van der Waals surface area contributed by atoms with Gasteiger partial charge in [-0.2, -0.15) is 0 Å². The summed E-state index contributed by atoms with van der Waals surface area (Å²) in [6, 6.07) is -1.40. The number of hydrogen-bond acceptors (Lipinski definition) is 6. The van der Waals surface area contributed by atoms with E-state index in [0.29, 0.717) is 6.61 Å². The third-order valence-electron chi connectivity index (χ3n) is 8.44. The average Bonchev–Trinajstić information content (AvgIpc) is 3.01. The molecule has 0 saturated heterocycles. The normalized spacial score (nSPS) is 18.2. The number of hydrogen-bond donors (Lipinski definition) is 3.